The molecule has 3 nitrogen and oxygen atoms in total. The van der Waals surface area contributed by atoms with E-state index >= 15 is 0 Å². The van der Waals surface area contributed by atoms with E-state index in [1.165, 1.54) is 10.8 Å². The zero-order valence-electron chi connectivity index (χ0n) is 16.5. The molecule has 29 heavy (non-hydrogen) atoms. The second kappa shape index (κ2) is 8.38. The quantitative estimate of drug-likeness (QED) is 0.273. The Morgan fingerprint density at radius 2 is 1.38 bits per heavy atom. The Hall–Kier alpha value is -3.30. The van der Waals surface area contributed by atoms with Crippen molar-refractivity contribution in [2.24, 2.45) is 5.10 Å². The van der Waals surface area contributed by atoms with Gasteiger partial charge in [-0.05, 0) is 53.2 Å². The molecule has 0 radical (unpaired) electrons. The first-order chi connectivity index (χ1) is 14.1. The number of fused-ring (bicyclic) bond motifs is 1. The second-order valence-electron chi connectivity index (χ2n) is 7.02. The molecule has 4 heteroatoms. The van der Waals surface area contributed by atoms with Crippen LogP contribution < -0.4 is 9.91 Å². The molecular formula is C25H22ClN3. The average molecular weight is 400 g/mol. The molecule has 144 valence electrons. The third-order valence-corrected chi connectivity index (χ3v) is 5.12. The number of benzene rings is 4. The summed E-state index contributed by atoms with van der Waals surface area (Å²) in [6.07, 6.45) is 1.81. The maximum absolute atomic E-state index is 6.49. The second-order valence-corrected chi connectivity index (χ2v) is 7.43. The van der Waals surface area contributed by atoms with Crippen molar-refractivity contribution >= 4 is 45.7 Å². The number of hydrogen-bond acceptors (Lipinski definition) is 3. The van der Waals surface area contributed by atoms with Gasteiger partial charge < -0.3 is 4.90 Å². The fourth-order valence-electron chi connectivity index (χ4n) is 3.18. The molecular weight excluding hydrogens is 378 g/mol. The first-order valence-electron chi connectivity index (χ1n) is 9.47. The van der Waals surface area contributed by atoms with Crippen LogP contribution in [0.15, 0.2) is 96.1 Å². The van der Waals surface area contributed by atoms with E-state index in [9.17, 15) is 0 Å². The Morgan fingerprint density at radius 1 is 0.690 bits per heavy atom. The van der Waals surface area contributed by atoms with E-state index in [0.717, 1.165) is 22.6 Å². The molecule has 0 heterocycles. The van der Waals surface area contributed by atoms with Gasteiger partial charge in [0.25, 0.3) is 0 Å². The summed E-state index contributed by atoms with van der Waals surface area (Å²) >= 11 is 6.49. The van der Waals surface area contributed by atoms with Crippen LogP contribution in [0.3, 0.4) is 0 Å². The number of anilines is 3. The summed E-state index contributed by atoms with van der Waals surface area (Å²) in [5.41, 5.74) is 3.91. The van der Waals surface area contributed by atoms with E-state index in [1.54, 1.807) is 0 Å². The van der Waals surface area contributed by atoms with Crippen molar-refractivity contribution in [3.05, 3.63) is 102 Å². The van der Waals surface area contributed by atoms with Crippen molar-refractivity contribution in [1.29, 1.82) is 0 Å². The van der Waals surface area contributed by atoms with Crippen LogP contribution in [0.5, 0.6) is 0 Å². The molecule has 0 saturated heterocycles. The van der Waals surface area contributed by atoms with Gasteiger partial charge in [-0.25, -0.2) is 5.01 Å². The predicted octanol–water partition coefficient (Wildman–Crippen LogP) is 6.73. The fourth-order valence-corrected chi connectivity index (χ4v) is 3.40. The molecule has 0 aliphatic rings. The van der Waals surface area contributed by atoms with E-state index < -0.39 is 0 Å². The summed E-state index contributed by atoms with van der Waals surface area (Å²) in [6, 6.07) is 30.8. The molecule has 0 aliphatic heterocycles. The summed E-state index contributed by atoms with van der Waals surface area (Å²) in [5, 5.41) is 9.77. The largest absolute Gasteiger partial charge is 0.378 e. The molecule has 0 aliphatic carbocycles. The van der Waals surface area contributed by atoms with Gasteiger partial charge in [-0.15, -0.1) is 0 Å². The molecule has 4 rings (SSSR count). The summed E-state index contributed by atoms with van der Waals surface area (Å²) in [4.78, 5) is 2.03. The van der Waals surface area contributed by atoms with Crippen LogP contribution in [0.2, 0.25) is 5.02 Å². The first-order valence-corrected chi connectivity index (χ1v) is 9.84. The van der Waals surface area contributed by atoms with Crippen LogP contribution in [0.25, 0.3) is 10.8 Å². The van der Waals surface area contributed by atoms with Crippen molar-refractivity contribution in [3.63, 3.8) is 0 Å². The van der Waals surface area contributed by atoms with Crippen LogP contribution in [-0.2, 0) is 0 Å². The molecule has 4 aromatic carbocycles. The van der Waals surface area contributed by atoms with Gasteiger partial charge in [0.1, 0.15) is 0 Å². The SMILES string of the molecule is CN(C)c1ccc(C=NN(c2ccccc2)c2ccc3ccccc3c2)c(Cl)c1. The van der Waals surface area contributed by atoms with E-state index in [-0.39, 0.29) is 0 Å². The zero-order chi connectivity index (χ0) is 20.2. The zero-order valence-corrected chi connectivity index (χ0v) is 17.2. The van der Waals surface area contributed by atoms with Crippen LogP contribution >= 0.6 is 11.6 Å². The van der Waals surface area contributed by atoms with Crippen LogP contribution in [0.1, 0.15) is 5.56 Å². The number of rotatable bonds is 5. The van der Waals surface area contributed by atoms with Crippen LogP contribution in [0.4, 0.5) is 17.1 Å². The first kappa shape index (κ1) is 19.0. The third-order valence-electron chi connectivity index (χ3n) is 4.79. The molecule has 0 atom stereocenters. The summed E-state index contributed by atoms with van der Waals surface area (Å²) in [7, 11) is 3.99. The van der Waals surface area contributed by atoms with Gasteiger partial charge in [-0.2, -0.15) is 5.10 Å². The standard InChI is InChI=1S/C25H22ClN3/c1-28(2)23-14-13-21(25(26)17-23)18-27-29(22-10-4-3-5-11-22)24-15-12-19-8-6-7-9-20(19)16-24/h3-18H,1-2H3. The van der Waals surface area contributed by atoms with E-state index in [4.69, 9.17) is 16.7 Å². The van der Waals surface area contributed by atoms with Crippen molar-refractivity contribution in [1.82, 2.24) is 0 Å². The molecule has 0 N–H and O–H groups in total. The highest BCUT2D eigenvalue weighted by Gasteiger charge is 2.09. The van der Waals surface area contributed by atoms with Gasteiger partial charge in [-0.1, -0.05) is 60.1 Å². The highest BCUT2D eigenvalue weighted by atomic mass is 35.5. The molecule has 0 amide bonds. The lowest BCUT2D eigenvalue weighted by Crippen LogP contribution is -2.10. The van der Waals surface area contributed by atoms with Crippen LogP contribution in [-0.4, -0.2) is 20.3 Å². The van der Waals surface area contributed by atoms with Crippen molar-refractivity contribution in [3.8, 4) is 0 Å². The van der Waals surface area contributed by atoms with E-state index in [0.29, 0.717) is 5.02 Å². The van der Waals surface area contributed by atoms with Crippen molar-refractivity contribution in [2.45, 2.75) is 0 Å². The molecule has 0 unspecified atom stereocenters. The Labute approximate surface area is 176 Å². The minimum Gasteiger partial charge on any atom is -0.378 e. The highest BCUT2D eigenvalue weighted by molar-refractivity contribution is 6.33. The van der Waals surface area contributed by atoms with Crippen molar-refractivity contribution < 1.29 is 0 Å². The maximum atomic E-state index is 6.49. The van der Waals surface area contributed by atoms with Gasteiger partial charge >= 0.3 is 0 Å². The molecule has 0 fully saturated rings. The molecule has 4 aromatic rings. The maximum Gasteiger partial charge on any atom is 0.0659 e. The monoisotopic (exact) mass is 399 g/mol. The fraction of sp³-hybridized carbons (Fsp3) is 0.0800. The lowest BCUT2D eigenvalue weighted by Gasteiger charge is -2.20. The lowest BCUT2D eigenvalue weighted by atomic mass is 10.1. The molecule has 0 bridgehead atoms. The van der Waals surface area contributed by atoms with Gasteiger partial charge in [0.2, 0.25) is 0 Å². The summed E-state index contributed by atoms with van der Waals surface area (Å²) < 4.78 is 0. The minimum absolute atomic E-state index is 0.673. The molecule has 0 saturated carbocycles. The Morgan fingerprint density at radius 3 is 2.10 bits per heavy atom. The van der Waals surface area contributed by atoms with Gasteiger partial charge in [0, 0.05) is 25.3 Å². The molecule has 0 aromatic heterocycles. The minimum atomic E-state index is 0.673. The van der Waals surface area contributed by atoms with E-state index in [2.05, 4.69) is 36.4 Å². The summed E-state index contributed by atoms with van der Waals surface area (Å²) in [5.74, 6) is 0. The number of nitrogens with zero attached hydrogens (tertiary/aromatic N) is 3. The predicted molar refractivity (Wildman–Crippen MR) is 126 cm³/mol. The number of hydrogen-bond donors (Lipinski definition) is 0. The van der Waals surface area contributed by atoms with Crippen LogP contribution in [0, 0.1) is 0 Å². The average Bonchev–Trinajstić information content (AvgIpc) is 2.75. The number of hydrazone groups is 1. The third kappa shape index (κ3) is 4.25. The highest BCUT2D eigenvalue weighted by Crippen LogP contribution is 2.29. The molecule has 0 spiro atoms. The number of para-hydroxylation sites is 1. The Balaban J connectivity index is 1.74. The normalized spacial score (nSPS) is 11.1. The van der Waals surface area contributed by atoms with Gasteiger partial charge in [0.15, 0.2) is 0 Å². The van der Waals surface area contributed by atoms with Crippen molar-refractivity contribution in [2.75, 3.05) is 24.0 Å². The lowest BCUT2D eigenvalue weighted by molar-refractivity contribution is 1.09. The Bertz CT molecular complexity index is 1150. The smallest absolute Gasteiger partial charge is 0.0659 e. The Kier molecular flexibility index (Phi) is 5.50. The van der Waals surface area contributed by atoms with Gasteiger partial charge in [0.05, 0.1) is 22.6 Å². The topological polar surface area (TPSA) is 18.8 Å². The van der Waals surface area contributed by atoms with Gasteiger partial charge in [-0.3, -0.25) is 0 Å². The number of halogens is 1. The summed E-state index contributed by atoms with van der Waals surface area (Å²) in [6.45, 7) is 0. The van der Waals surface area contributed by atoms with E-state index in [1.807, 2.05) is 84.8 Å².